The average molecular weight is 284 g/mol. The van der Waals surface area contributed by atoms with Crippen molar-refractivity contribution in [1.82, 2.24) is 4.98 Å². The van der Waals surface area contributed by atoms with E-state index in [0.29, 0.717) is 6.61 Å². The third kappa shape index (κ3) is 2.19. The smallest absolute Gasteiger partial charge is 0.124 e. The van der Waals surface area contributed by atoms with Crippen LogP contribution >= 0.6 is 11.3 Å². The van der Waals surface area contributed by atoms with Gasteiger partial charge >= 0.3 is 0 Å². The Morgan fingerprint density at radius 3 is 3.05 bits per heavy atom. The van der Waals surface area contributed by atoms with Crippen molar-refractivity contribution in [3.63, 3.8) is 0 Å². The first-order valence-corrected chi connectivity index (χ1v) is 7.66. The molecule has 0 N–H and O–H groups in total. The summed E-state index contributed by atoms with van der Waals surface area (Å²) in [5, 5.41) is 9.77. The van der Waals surface area contributed by atoms with Crippen molar-refractivity contribution in [2.75, 3.05) is 6.61 Å². The molecule has 0 aliphatic carbocycles. The quantitative estimate of drug-likeness (QED) is 0.864. The molecule has 0 saturated carbocycles. The monoisotopic (exact) mass is 284 g/mol. The fourth-order valence-electron chi connectivity index (χ4n) is 2.78. The molecule has 0 fully saturated rings. The van der Waals surface area contributed by atoms with Gasteiger partial charge in [0.15, 0.2) is 0 Å². The van der Waals surface area contributed by atoms with Crippen LogP contribution in [-0.2, 0) is 11.8 Å². The van der Waals surface area contributed by atoms with E-state index in [1.807, 2.05) is 36.7 Å². The molecule has 3 nitrogen and oxygen atoms in total. The zero-order valence-corrected chi connectivity index (χ0v) is 12.2. The molecule has 2 aromatic rings. The van der Waals surface area contributed by atoms with E-state index in [-0.39, 0.29) is 0 Å². The molecule has 102 valence electrons. The predicted octanol–water partition coefficient (Wildman–Crippen LogP) is 3.63. The van der Waals surface area contributed by atoms with Crippen LogP contribution in [0.25, 0.3) is 0 Å². The van der Waals surface area contributed by atoms with E-state index in [1.54, 1.807) is 11.3 Å². The van der Waals surface area contributed by atoms with Crippen LogP contribution in [-0.4, -0.2) is 11.6 Å². The molecule has 0 radical (unpaired) electrons. The Hall–Kier alpha value is -1.86. The second-order valence-corrected chi connectivity index (χ2v) is 6.09. The first-order valence-electron chi connectivity index (χ1n) is 6.78. The van der Waals surface area contributed by atoms with Gasteiger partial charge in [-0.05, 0) is 25.8 Å². The minimum Gasteiger partial charge on any atom is -0.493 e. The normalized spacial score (nSPS) is 20.8. The zero-order valence-electron chi connectivity index (χ0n) is 11.4. The van der Waals surface area contributed by atoms with Gasteiger partial charge in [0.1, 0.15) is 5.75 Å². The highest BCUT2D eigenvalue weighted by molar-refractivity contribution is 7.09. The number of ether oxygens (including phenoxy) is 1. The van der Waals surface area contributed by atoms with Gasteiger partial charge in [-0.25, -0.2) is 4.98 Å². The van der Waals surface area contributed by atoms with Crippen molar-refractivity contribution in [3.8, 4) is 11.8 Å². The second-order valence-electron chi connectivity index (χ2n) is 5.15. The molecule has 1 aromatic carbocycles. The van der Waals surface area contributed by atoms with Crippen LogP contribution in [0.1, 0.15) is 29.0 Å². The Bertz CT molecular complexity index is 658. The van der Waals surface area contributed by atoms with Gasteiger partial charge in [0.2, 0.25) is 0 Å². The molecule has 0 bridgehead atoms. The molecule has 1 atom stereocenters. The molecule has 4 heteroatoms. The van der Waals surface area contributed by atoms with Crippen LogP contribution in [0.2, 0.25) is 0 Å². The van der Waals surface area contributed by atoms with Crippen molar-refractivity contribution < 1.29 is 4.74 Å². The van der Waals surface area contributed by atoms with Crippen molar-refractivity contribution in [2.24, 2.45) is 0 Å². The van der Waals surface area contributed by atoms with Crippen molar-refractivity contribution in [3.05, 3.63) is 45.9 Å². The van der Waals surface area contributed by atoms with Crippen molar-refractivity contribution in [2.45, 2.75) is 31.6 Å². The number of fused-ring (bicyclic) bond motifs is 1. The van der Waals surface area contributed by atoms with Gasteiger partial charge in [0.05, 0.1) is 29.3 Å². The van der Waals surface area contributed by atoms with Gasteiger partial charge in [-0.1, -0.05) is 18.2 Å². The topological polar surface area (TPSA) is 45.9 Å². The number of thiazole rings is 1. The Balaban J connectivity index is 1.90. The molecular formula is C16H16N2OS. The molecule has 1 aromatic heterocycles. The van der Waals surface area contributed by atoms with Gasteiger partial charge in [-0.2, -0.15) is 5.26 Å². The third-order valence-corrected chi connectivity index (χ3v) is 5.02. The fourth-order valence-corrected chi connectivity index (χ4v) is 3.56. The van der Waals surface area contributed by atoms with Gasteiger partial charge in [0.25, 0.3) is 0 Å². The maximum absolute atomic E-state index is 9.77. The first kappa shape index (κ1) is 13.1. The van der Waals surface area contributed by atoms with Gasteiger partial charge in [-0.3, -0.25) is 0 Å². The van der Waals surface area contributed by atoms with Crippen LogP contribution in [0.15, 0.2) is 29.8 Å². The van der Waals surface area contributed by atoms with E-state index >= 15 is 0 Å². The molecule has 0 spiro atoms. The van der Waals surface area contributed by atoms with Gasteiger partial charge < -0.3 is 4.74 Å². The largest absolute Gasteiger partial charge is 0.493 e. The summed E-state index contributed by atoms with van der Waals surface area (Å²) >= 11 is 1.68. The van der Waals surface area contributed by atoms with Crippen LogP contribution < -0.4 is 4.74 Å². The number of rotatable bonds is 3. The highest BCUT2D eigenvalue weighted by Crippen LogP contribution is 2.41. The molecule has 0 saturated heterocycles. The molecule has 20 heavy (non-hydrogen) atoms. The molecule has 0 amide bonds. The maximum Gasteiger partial charge on any atom is 0.124 e. The van der Waals surface area contributed by atoms with E-state index in [4.69, 9.17) is 4.74 Å². The Kier molecular flexibility index (Phi) is 3.45. The molecule has 3 rings (SSSR count). The van der Waals surface area contributed by atoms with Crippen molar-refractivity contribution in [1.29, 1.82) is 5.26 Å². The summed E-state index contributed by atoms with van der Waals surface area (Å²) in [6.45, 7) is 2.65. The van der Waals surface area contributed by atoms with Crippen LogP contribution in [0.4, 0.5) is 0 Å². The number of aromatic nitrogens is 1. The molecule has 1 unspecified atom stereocenters. The summed E-state index contributed by atoms with van der Waals surface area (Å²) in [5.74, 6) is 0.862. The highest BCUT2D eigenvalue weighted by atomic mass is 32.1. The molecule has 1 aliphatic rings. The second kappa shape index (κ2) is 5.26. The maximum atomic E-state index is 9.77. The number of para-hydroxylation sites is 1. The zero-order chi connectivity index (χ0) is 14.0. The number of benzene rings is 1. The highest BCUT2D eigenvalue weighted by Gasteiger charge is 2.37. The Labute approximate surface area is 122 Å². The van der Waals surface area contributed by atoms with Crippen LogP contribution in [0, 0.1) is 18.3 Å². The number of hydrogen-bond acceptors (Lipinski definition) is 4. The van der Waals surface area contributed by atoms with Gasteiger partial charge in [-0.15, -0.1) is 11.3 Å². The lowest BCUT2D eigenvalue weighted by Gasteiger charge is -2.33. The summed E-state index contributed by atoms with van der Waals surface area (Å²) < 4.78 is 5.68. The van der Waals surface area contributed by atoms with Crippen LogP contribution in [0.3, 0.4) is 0 Å². The van der Waals surface area contributed by atoms with E-state index in [0.717, 1.165) is 36.3 Å². The summed E-state index contributed by atoms with van der Waals surface area (Å²) in [6.07, 6.45) is 2.49. The third-order valence-electron chi connectivity index (χ3n) is 4.03. The number of nitriles is 1. The van der Waals surface area contributed by atoms with E-state index in [1.165, 1.54) is 4.88 Å². The van der Waals surface area contributed by atoms with E-state index < -0.39 is 5.41 Å². The lowest BCUT2D eigenvalue weighted by atomic mass is 9.74. The summed E-state index contributed by atoms with van der Waals surface area (Å²) in [6, 6.07) is 10.5. The lowest BCUT2D eigenvalue weighted by molar-refractivity contribution is 0.236. The van der Waals surface area contributed by atoms with E-state index in [2.05, 4.69) is 11.1 Å². The Morgan fingerprint density at radius 1 is 1.45 bits per heavy atom. The number of nitrogens with zero attached hydrogens (tertiary/aromatic N) is 2. The number of hydrogen-bond donors (Lipinski definition) is 0. The minimum absolute atomic E-state index is 0.425. The lowest BCUT2D eigenvalue weighted by Crippen LogP contribution is -2.32. The molecule has 1 aliphatic heterocycles. The first-order chi connectivity index (χ1) is 9.75. The average Bonchev–Trinajstić information content (AvgIpc) is 2.90. The van der Waals surface area contributed by atoms with Crippen molar-refractivity contribution >= 4 is 11.3 Å². The minimum atomic E-state index is -0.425. The summed E-state index contributed by atoms with van der Waals surface area (Å²) in [7, 11) is 0. The summed E-state index contributed by atoms with van der Waals surface area (Å²) in [5.41, 5.74) is 3.58. The standard InChI is InChI=1S/C16H16N2OS/c1-12-15(20-11-18-12)6-7-16(10-17)8-9-19-14-5-3-2-4-13(14)16/h2-5,11H,6-9H2,1H3. The Morgan fingerprint density at radius 2 is 2.30 bits per heavy atom. The predicted molar refractivity (Wildman–Crippen MR) is 79.0 cm³/mol. The molecule has 2 heterocycles. The fraction of sp³-hybridized carbons (Fsp3) is 0.375. The molecular weight excluding hydrogens is 268 g/mol. The SMILES string of the molecule is Cc1ncsc1CCC1(C#N)CCOc2ccccc21. The number of aryl methyl sites for hydroxylation is 2. The summed E-state index contributed by atoms with van der Waals surface area (Å²) in [4.78, 5) is 5.57. The van der Waals surface area contributed by atoms with Crippen LogP contribution in [0.5, 0.6) is 5.75 Å². The van der Waals surface area contributed by atoms with E-state index in [9.17, 15) is 5.26 Å². The van der Waals surface area contributed by atoms with Gasteiger partial charge in [0, 0.05) is 16.9 Å².